The summed E-state index contributed by atoms with van der Waals surface area (Å²) in [6, 6.07) is 12.2. The first-order valence-electron chi connectivity index (χ1n) is 13.6. The number of ketones is 1. The molecule has 3 aliphatic heterocycles. The van der Waals surface area contributed by atoms with E-state index in [2.05, 4.69) is 4.90 Å². The molecule has 0 spiro atoms. The number of ether oxygens (including phenoxy) is 3. The molecule has 38 heavy (non-hydrogen) atoms. The Morgan fingerprint density at radius 2 is 1.92 bits per heavy atom. The van der Waals surface area contributed by atoms with Crippen LogP contribution in [0.15, 0.2) is 48.0 Å². The van der Waals surface area contributed by atoms with Crippen LogP contribution in [0.1, 0.15) is 49.4 Å². The van der Waals surface area contributed by atoms with Crippen LogP contribution in [-0.4, -0.2) is 78.7 Å². The van der Waals surface area contributed by atoms with Crippen LogP contribution in [0.25, 0.3) is 5.76 Å². The van der Waals surface area contributed by atoms with E-state index in [1.54, 1.807) is 11.0 Å². The fourth-order valence-corrected chi connectivity index (χ4v) is 5.47. The number of benzene rings is 2. The van der Waals surface area contributed by atoms with Gasteiger partial charge in [0.2, 0.25) is 0 Å². The molecule has 0 radical (unpaired) electrons. The highest BCUT2D eigenvalue weighted by Gasteiger charge is 2.46. The van der Waals surface area contributed by atoms with Gasteiger partial charge in [0, 0.05) is 38.2 Å². The van der Waals surface area contributed by atoms with E-state index in [0.29, 0.717) is 44.1 Å². The predicted molar refractivity (Wildman–Crippen MR) is 143 cm³/mol. The van der Waals surface area contributed by atoms with Gasteiger partial charge in [-0.05, 0) is 61.2 Å². The lowest BCUT2D eigenvalue weighted by Gasteiger charge is -2.29. The average molecular weight is 521 g/mol. The largest absolute Gasteiger partial charge is 0.507 e. The lowest BCUT2D eigenvalue weighted by molar-refractivity contribution is -0.140. The van der Waals surface area contributed by atoms with Crippen LogP contribution >= 0.6 is 0 Å². The zero-order valence-corrected chi connectivity index (χ0v) is 22.2. The number of fused-ring (bicyclic) bond motifs is 1. The molecule has 1 amide bonds. The van der Waals surface area contributed by atoms with Gasteiger partial charge in [0.1, 0.15) is 23.4 Å². The smallest absolute Gasteiger partial charge is 0.295 e. The van der Waals surface area contributed by atoms with Crippen LogP contribution < -0.4 is 9.47 Å². The van der Waals surface area contributed by atoms with Gasteiger partial charge in [0.05, 0.1) is 31.4 Å². The molecule has 1 N–H and O–H groups in total. The molecule has 202 valence electrons. The number of aliphatic hydroxyl groups excluding tert-OH is 1. The van der Waals surface area contributed by atoms with Crippen LogP contribution in [0.4, 0.5) is 0 Å². The molecular formula is C30H36N2O6. The minimum absolute atomic E-state index is 0.0605. The zero-order valence-electron chi connectivity index (χ0n) is 22.2. The molecule has 0 bridgehead atoms. The maximum absolute atomic E-state index is 13.4. The number of amides is 1. The molecule has 2 fully saturated rings. The molecular weight excluding hydrogens is 484 g/mol. The van der Waals surface area contributed by atoms with Crippen molar-refractivity contribution in [1.29, 1.82) is 0 Å². The number of morpholine rings is 1. The first kappa shape index (κ1) is 26.3. The molecule has 8 heteroatoms. The van der Waals surface area contributed by atoms with E-state index in [-0.39, 0.29) is 17.4 Å². The van der Waals surface area contributed by atoms with Gasteiger partial charge in [0.15, 0.2) is 0 Å². The second-order valence-corrected chi connectivity index (χ2v) is 10.2. The molecule has 3 heterocycles. The number of carbonyl (C=O) groups is 2. The van der Waals surface area contributed by atoms with E-state index in [1.807, 2.05) is 50.2 Å². The summed E-state index contributed by atoms with van der Waals surface area (Å²) in [5.74, 6) is 0.0495. The maximum Gasteiger partial charge on any atom is 0.295 e. The summed E-state index contributed by atoms with van der Waals surface area (Å²) in [5.41, 5.74) is 2.34. The molecule has 8 nitrogen and oxygen atoms in total. The van der Waals surface area contributed by atoms with E-state index in [1.165, 1.54) is 0 Å². The van der Waals surface area contributed by atoms with Gasteiger partial charge in [-0.2, -0.15) is 0 Å². The van der Waals surface area contributed by atoms with Crippen molar-refractivity contribution in [3.05, 3.63) is 64.7 Å². The van der Waals surface area contributed by atoms with Crippen molar-refractivity contribution in [2.45, 2.75) is 45.3 Å². The quantitative estimate of drug-likeness (QED) is 0.304. The lowest BCUT2D eigenvalue weighted by atomic mass is 9.94. The minimum atomic E-state index is -0.701. The maximum atomic E-state index is 13.4. The van der Waals surface area contributed by atoms with E-state index >= 15 is 0 Å². The number of hydrogen-bond acceptors (Lipinski definition) is 7. The highest BCUT2D eigenvalue weighted by atomic mass is 16.5. The fraction of sp³-hybridized carbons (Fsp3) is 0.467. The van der Waals surface area contributed by atoms with Crippen molar-refractivity contribution >= 4 is 17.4 Å². The Hall–Kier alpha value is -3.36. The zero-order chi connectivity index (χ0) is 26.6. The summed E-state index contributed by atoms with van der Waals surface area (Å²) in [6.45, 7) is 8.95. The first-order valence-corrected chi connectivity index (χ1v) is 13.6. The van der Waals surface area contributed by atoms with Crippen molar-refractivity contribution in [3.8, 4) is 11.5 Å². The van der Waals surface area contributed by atoms with Crippen LogP contribution in [0.2, 0.25) is 0 Å². The Bertz CT molecular complexity index is 1220. The third-order valence-electron chi connectivity index (χ3n) is 7.33. The number of hydrogen-bond donors (Lipinski definition) is 1. The Labute approximate surface area is 223 Å². The summed E-state index contributed by atoms with van der Waals surface area (Å²) in [4.78, 5) is 30.7. The van der Waals surface area contributed by atoms with Gasteiger partial charge < -0.3 is 24.2 Å². The summed E-state index contributed by atoms with van der Waals surface area (Å²) < 4.78 is 17.1. The minimum Gasteiger partial charge on any atom is -0.507 e. The average Bonchev–Trinajstić information content (AvgIpc) is 3.43. The molecule has 2 aromatic rings. The van der Waals surface area contributed by atoms with Crippen molar-refractivity contribution in [1.82, 2.24) is 9.80 Å². The monoisotopic (exact) mass is 520 g/mol. The molecule has 0 aromatic heterocycles. The SMILES string of the molecule is CCCOc1cccc(C2/C(=C(\O)c3ccc4c(c3)CC(C)O4)C(=O)C(=O)N2CCCN2CCOCC2)c1. The highest BCUT2D eigenvalue weighted by molar-refractivity contribution is 6.46. The second kappa shape index (κ2) is 11.6. The molecule has 2 unspecified atom stereocenters. The van der Waals surface area contributed by atoms with E-state index in [4.69, 9.17) is 14.2 Å². The van der Waals surface area contributed by atoms with Gasteiger partial charge >= 0.3 is 0 Å². The Morgan fingerprint density at radius 1 is 1.11 bits per heavy atom. The second-order valence-electron chi connectivity index (χ2n) is 10.2. The normalized spacial score (nSPS) is 22.9. The molecule has 0 saturated carbocycles. The number of Topliss-reactive ketones (excluding diaryl/α,β-unsaturated/α-hetero) is 1. The van der Waals surface area contributed by atoms with Crippen molar-refractivity contribution < 1.29 is 28.9 Å². The summed E-state index contributed by atoms with van der Waals surface area (Å²) in [6.07, 6.45) is 2.37. The third-order valence-corrected chi connectivity index (χ3v) is 7.33. The van der Waals surface area contributed by atoms with E-state index in [0.717, 1.165) is 49.4 Å². The van der Waals surface area contributed by atoms with Gasteiger partial charge in [-0.1, -0.05) is 19.1 Å². The summed E-state index contributed by atoms with van der Waals surface area (Å²) >= 11 is 0. The van der Waals surface area contributed by atoms with Gasteiger partial charge in [-0.15, -0.1) is 0 Å². The Kier molecular flexibility index (Phi) is 8.00. The highest BCUT2D eigenvalue weighted by Crippen LogP contribution is 2.41. The topological polar surface area (TPSA) is 88.5 Å². The van der Waals surface area contributed by atoms with Crippen molar-refractivity contribution in [3.63, 3.8) is 0 Å². The van der Waals surface area contributed by atoms with Crippen LogP contribution in [-0.2, 0) is 20.7 Å². The van der Waals surface area contributed by atoms with E-state index in [9.17, 15) is 14.7 Å². The van der Waals surface area contributed by atoms with Crippen molar-refractivity contribution in [2.24, 2.45) is 0 Å². The lowest BCUT2D eigenvalue weighted by Crippen LogP contribution is -2.38. The summed E-state index contributed by atoms with van der Waals surface area (Å²) in [7, 11) is 0. The number of carbonyl (C=O) groups excluding carboxylic acids is 2. The standard InChI is InChI=1S/C30H36N2O6/c1-3-14-37-24-7-4-6-21(19-24)27-26(28(33)22-8-9-25-23(18-22)17-20(2)38-25)29(34)30(35)32(27)11-5-10-31-12-15-36-16-13-31/h4,6-9,18-20,27,33H,3,5,10-17H2,1-2H3/b28-26+. The molecule has 2 saturated heterocycles. The number of nitrogens with zero attached hydrogens (tertiary/aromatic N) is 2. The third kappa shape index (κ3) is 5.42. The molecule has 2 aromatic carbocycles. The first-order chi connectivity index (χ1) is 18.5. The molecule has 3 aliphatic rings. The fourth-order valence-electron chi connectivity index (χ4n) is 5.47. The molecule has 2 atom stereocenters. The Balaban J connectivity index is 1.49. The van der Waals surface area contributed by atoms with Crippen LogP contribution in [0.3, 0.4) is 0 Å². The molecule has 0 aliphatic carbocycles. The molecule has 5 rings (SSSR count). The Morgan fingerprint density at radius 3 is 2.71 bits per heavy atom. The number of rotatable bonds is 9. The van der Waals surface area contributed by atoms with Gasteiger partial charge in [0.25, 0.3) is 11.7 Å². The van der Waals surface area contributed by atoms with Gasteiger partial charge in [-0.25, -0.2) is 0 Å². The van der Waals surface area contributed by atoms with Crippen LogP contribution in [0, 0.1) is 0 Å². The van der Waals surface area contributed by atoms with E-state index < -0.39 is 17.7 Å². The van der Waals surface area contributed by atoms with Gasteiger partial charge in [-0.3, -0.25) is 14.5 Å². The number of aliphatic hydroxyl groups is 1. The van der Waals surface area contributed by atoms with Crippen LogP contribution in [0.5, 0.6) is 11.5 Å². The summed E-state index contributed by atoms with van der Waals surface area (Å²) in [5, 5.41) is 11.5. The van der Waals surface area contributed by atoms with Crippen molar-refractivity contribution in [2.75, 3.05) is 46.0 Å². The predicted octanol–water partition coefficient (Wildman–Crippen LogP) is 3.94. The number of likely N-dealkylation sites (tertiary alicyclic amines) is 1.